The van der Waals surface area contributed by atoms with Crippen molar-refractivity contribution in [3.8, 4) is 17.6 Å². The minimum atomic E-state index is 0.654. The van der Waals surface area contributed by atoms with Crippen LogP contribution < -0.4 is 14.8 Å². The zero-order valence-corrected chi connectivity index (χ0v) is 12.4. The van der Waals surface area contributed by atoms with Crippen molar-refractivity contribution in [3.63, 3.8) is 0 Å². The Morgan fingerprint density at radius 3 is 2.52 bits per heavy atom. The molecule has 108 valence electrons. The minimum Gasteiger partial charge on any atom is -0.497 e. The van der Waals surface area contributed by atoms with Gasteiger partial charge in [0.2, 0.25) is 0 Å². The fourth-order valence-electron chi connectivity index (χ4n) is 2.11. The molecule has 0 spiro atoms. The Morgan fingerprint density at radius 1 is 1.10 bits per heavy atom. The first-order valence-electron chi connectivity index (χ1n) is 6.63. The van der Waals surface area contributed by atoms with Crippen LogP contribution in [-0.2, 0) is 6.54 Å². The fourth-order valence-corrected chi connectivity index (χ4v) is 2.11. The second-order valence-corrected chi connectivity index (χ2v) is 4.67. The summed E-state index contributed by atoms with van der Waals surface area (Å²) in [5, 5.41) is 12.2. The summed E-state index contributed by atoms with van der Waals surface area (Å²) in [7, 11) is 3.27. The minimum absolute atomic E-state index is 0.654. The standard InChI is InChI=1S/C17H18N2O2/c1-12-8-13(10-18)4-5-14(12)11-19-16-9-15(20-2)6-7-17(16)21-3/h4-9,19H,11H2,1-3H3. The van der Waals surface area contributed by atoms with Crippen LogP contribution in [0.3, 0.4) is 0 Å². The van der Waals surface area contributed by atoms with E-state index in [1.54, 1.807) is 14.2 Å². The number of nitrogens with one attached hydrogen (secondary N) is 1. The second kappa shape index (κ2) is 6.67. The molecule has 21 heavy (non-hydrogen) atoms. The van der Waals surface area contributed by atoms with Crippen molar-refractivity contribution in [2.75, 3.05) is 19.5 Å². The maximum Gasteiger partial charge on any atom is 0.142 e. The van der Waals surface area contributed by atoms with Gasteiger partial charge in [-0.25, -0.2) is 0 Å². The van der Waals surface area contributed by atoms with Gasteiger partial charge in [-0.1, -0.05) is 6.07 Å². The van der Waals surface area contributed by atoms with E-state index in [0.717, 1.165) is 28.3 Å². The predicted octanol–water partition coefficient (Wildman–Crippen LogP) is 3.50. The molecule has 0 saturated heterocycles. The molecule has 0 aromatic heterocycles. The number of anilines is 1. The summed E-state index contributed by atoms with van der Waals surface area (Å²) in [6, 6.07) is 13.5. The SMILES string of the molecule is COc1ccc(OC)c(NCc2ccc(C#N)cc2C)c1. The third kappa shape index (κ3) is 3.46. The highest BCUT2D eigenvalue weighted by molar-refractivity contribution is 5.60. The van der Waals surface area contributed by atoms with Crippen molar-refractivity contribution in [2.24, 2.45) is 0 Å². The van der Waals surface area contributed by atoms with Crippen molar-refractivity contribution in [1.82, 2.24) is 0 Å². The normalized spacial score (nSPS) is 9.81. The first kappa shape index (κ1) is 14.7. The molecule has 0 radical (unpaired) electrons. The van der Waals surface area contributed by atoms with Gasteiger partial charge < -0.3 is 14.8 Å². The van der Waals surface area contributed by atoms with E-state index < -0.39 is 0 Å². The highest BCUT2D eigenvalue weighted by atomic mass is 16.5. The van der Waals surface area contributed by atoms with E-state index in [1.807, 2.05) is 43.3 Å². The number of methoxy groups -OCH3 is 2. The molecule has 2 rings (SSSR count). The van der Waals surface area contributed by atoms with Crippen molar-refractivity contribution in [2.45, 2.75) is 13.5 Å². The van der Waals surface area contributed by atoms with Crippen LogP contribution in [0, 0.1) is 18.3 Å². The van der Waals surface area contributed by atoms with Crippen LogP contribution in [0.25, 0.3) is 0 Å². The van der Waals surface area contributed by atoms with E-state index >= 15 is 0 Å². The van der Waals surface area contributed by atoms with Crippen LogP contribution in [0.4, 0.5) is 5.69 Å². The Hall–Kier alpha value is -2.67. The Balaban J connectivity index is 2.18. The molecule has 0 atom stereocenters. The van der Waals surface area contributed by atoms with Crippen molar-refractivity contribution in [1.29, 1.82) is 5.26 Å². The van der Waals surface area contributed by atoms with E-state index in [2.05, 4.69) is 11.4 Å². The molecule has 0 aliphatic carbocycles. The molecule has 2 aromatic rings. The van der Waals surface area contributed by atoms with Gasteiger partial charge in [0.25, 0.3) is 0 Å². The smallest absolute Gasteiger partial charge is 0.142 e. The number of hydrogen-bond donors (Lipinski definition) is 1. The van der Waals surface area contributed by atoms with E-state index in [9.17, 15) is 0 Å². The zero-order valence-electron chi connectivity index (χ0n) is 12.4. The summed E-state index contributed by atoms with van der Waals surface area (Å²) in [5.74, 6) is 1.54. The molecule has 4 nitrogen and oxygen atoms in total. The lowest BCUT2D eigenvalue weighted by atomic mass is 10.1. The zero-order chi connectivity index (χ0) is 15.2. The summed E-state index contributed by atoms with van der Waals surface area (Å²) in [6.07, 6.45) is 0. The lowest BCUT2D eigenvalue weighted by Gasteiger charge is -2.14. The van der Waals surface area contributed by atoms with Crippen molar-refractivity contribution >= 4 is 5.69 Å². The van der Waals surface area contributed by atoms with Gasteiger partial charge >= 0.3 is 0 Å². The third-order valence-corrected chi connectivity index (χ3v) is 3.35. The topological polar surface area (TPSA) is 54.3 Å². The van der Waals surface area contributed by atoms with E-state index in [4.69, 9.17) is 14.7 Å². The molecule has 0 bridgehead atoms. The van der Waals surface area contributed by atoms with Crippen LogP contribution in [0.15, 0.2) is 36.4 Å². The van der Waals surface area contributed by atoms with E-state index in [0.29, 0.717) is 12.1 Å². The van der Waals surface area contributed by atoms with E-state index in [1.165, 1.54) is 0 Å². The second-order valence-electron chi connectivity index (χ2n) is 4.67. The van der Waals surface area contributed by atoms with Crippen LogP contribution in [0.1, 0.15) is 16.7 Å². The molecule has 1 N–H and O–H groups in total. The molecule has 0 aliphatic rings. The number of hydrogen-bond acceptors (Lipinski definition) is 4. The number of rotatable bonds is 5. The summed E-state index contributed by atoms with van der Waals surface area (Å²) < 4.78 is 10.6. The number of nitrogens with zero attached hydrogens (tertiary/aromatic N) is 1. The monoisotopic (exact) mass is 282 g/mol. The summed E-state index contributed by atoms with van der Waals surface area (Å²) in [4.78, 5) is 0. The number of nitriles is 1. The van der Waals surface area contributed by atoms with Gasteiger partial charge in [-0.15, -0.1) is 0 Å². The van der Waals surface area contributed by atoms with Crippen LogP contribution in [-0.4, -0.2) is 14.2 Å². The Labute approximate surface area is 124 Å². The molecular formula is C17H18N2O2. The van der Waals surface area contributed by atoms with Gasteiger partial charge in [0.1, 0.15) is 11.5 Å². The average molecular weight is 282 g/mol. The molecule has 0 saturated carbocycles. The first-order valence-corrected chi connectivity index (χ1v) is 6.63. The quantitative estimate of drug-likeness (QED) is 0.912. The van der Waals surface area contributed by atoms with Crippen LogP contribution >= 0.6 is 0 Å². The predicted molar refractivity (Wildman–Crippen MR) is 82.8 cm³/mol. The number of aryl methyl sites for hydroxylation is 1. The fraction of sp³-hybridized carbons (Fsp3) is 0.235. The van der Waals surface area contributed by atoms with Gasteiger partial charge in [-0.3, -0.25) is 0 Å². The maximum absolute atomic E-state index is 8.89. The Morgan fingerprint density at radius 2 is 1.90 bits per heavy atom. The van der Waals surface area contributed by atoms with Gasteiger partial charge in [-0.05, 0) is 42.3 Å². The molecule has 0 amide bonds. The summed E-state index contributed by atoms with van der Waals surface area (Å²) >= 11 is 0. The van der Waals surface area contributed by atoms with Gasteiger partial charge in [0, 0.05) is 12.6 Å². The van der Waals surface area contributed by atoms with Gasteiger partial charge in [-0.2, -0.15) is 5.26 Å². The lowest BCUT2D eigenvalue weighted by molar-refractivity contribution is 0.404. The molecule has 0 unspecified atom stereocenters. The first-order chi connectivity index (χ1) is 10.2. The highest BCUT2D eigenvalue weighted by Crippen LogP contribution is 2.29. The molecular weight excluding hydrogens is 264 g/mol. The largest absolute Gasteiger partial charge is 0.497 e. The van der Waals surface area contributed by atoms with E-state index in [-0.39, 0.29) is 0 Å². The van der Waals surface area contributed by atoms with Crippen LogP contribution in [0.5, 0.6) is 11.5 Å². The molecule has 0 heterocycles. The van der Waals surface area contributed by atoms with Gasteiger partial charge in [0.05, 0.1) is 31.5 Å². The summed E-state index contributed by atoms with van der Waals surface area (Å²) in [6.45, 7) is 2.65. The third-order valence-electron chi connectivity index (χ3n) is 3.35. The van der Waals surface area contributed by atoms with Crippen molar-refractivity contribution < 1.29 is 9.47 Å². The Kier molecular flexibility index (Phi) is 4.68. The number of benzene rings is 2. The Bertz CT molecular complexity index is 675. The molecule has 2 aromatic carbocycles. The maximum atomic E-state index is 8.89. The lowest BCUT2D eigenvalue weighted by Crippen LogP contribution is -2.03. The molecule has 0 aliphatic heterocycles. The van der Waals surface area contributed by atoms with Crippen molar-refractivity contribution in [3.05, 3.63) is 53.1 Å². The highest BCUT2D eigenvalue weighted by Gasteiger charge is 2.06. The molecule has 4 heteroatoms. The van der Waals surface area contributed by atoms with Gasteiger partial charge in [0.15, 0.2) is 0 Å². The van der Waals surface area contributed by atoms with Crippen LogP contribution in [0.2, 0.25) is 0 Å². The summed E-state index contributed by atoms with van der Waals surface area (Å²) in [5.41, 5.74) is 3.78. The average Bonchev–Trinajstić information content (AvgIpc) is 2.53. The molecule has 0 fully saturated rings. The number of ether oxygens (including phenoxy) is 2.